The van der Waals surface area contributed by atoms with E-state index in [1.807, 2.05) is 0 Å². The Bertz CT molecular complexity index is 292. The predicted octanol–water partition coefficient (Wildman–Crippen LogP) is 0.568. The van der Waals surface area contributed by atoms with Crippen LogP contribution in [0.15, 0.2) is 24.3 Å². The van der Waals surface area contributed by atoms with Crippen LogP contribution in [0.25, 0.3) is 0 Å². The molecule has 3 heteroatoms. The van der Waals surface area contributed by atoms with Gasteiger partial charge in [0.15, 0.2) is 0 Å². The van der Waals surface area contributed by atoms with Gasteiger partial charge in [-0.1, -0.05) is 24.3 Å². The molecule has 0 fully saturated rings. The lowest BCUT2D eigenvalue weighted by molar-refractivity contribution is -0.108. The highest BCUT2D eigenvalue weighted by Crippen LogP contribution is 2.03. The third-order valence-corrected chi connectivity index (χ3v) is 1.76. The Morgan fingerprint density at radius 3 is 2.31 bits per heavy atom. The van der Waals surface area contributed by atoms with E-state index in [2.05, 4.69) is 0 Å². The molecule has 0 saturated heterocycles. The SMILES string of the molecule is NC(C=O)Cc1ccc(C=O)cc1. The highest BCUT2D eigenvalue weighted by Gasteiger charge is 2.01. The van der Waals surface area contributed by atoms with Crippen molar-refractivity contribution in [1.29, 1.82) is 0 Å². The lowest BCUT2D eigenvalue weighted by Gasteiger charge is -2.03. The second-order valence-corrected chi connectivity index (χ2v) is 2.86. The number of benzene rings is 1. The molecule has 68 valence electrons. The highest BCUT2D eigenvalue weighted by molar-refractivity contribution is 5.74. The minimum atomic E-state index is -0.456. The number of carbonyl (C=O) groups excluding carboxylic acids is 2. The second-order valence-electron chi connectivity index (χ2n) is 2.86. The zero-order valence-corrected chi connectivity index (χ0v) is 7.14. The quantitative estimate of drug-likeness (QED) is 0.684. The minimum Gasteiger partial charge on any atom is -0.321 e. The summed E-state index contributed by atoms with van der Waals surface area (Å²) >= 11 is 0. The zero-order valence-electron chi connectivity index (χ0n) is 7.14. The highest BCUT2D eigenvalue weighted by atomic mass is 16.1. The van der Waals surface area contributed by atoms with Crippen molar-refractivity contribution < 1.29 is 9.59 Å². The van der Waals surface area contributed by atoms with Crippen molar-refractivity contribution in [2.24, 2.45) is 5.73 Å². The van der Waals surface area contributed by atoms with Gasteiger partial charge in [-0.3, -0.25) is 4.79 Å². The van der Waals surface area contributed by atoms with E-state index in [9.17, 15) is 9.59 Å². The van der Waals surface area contributed by atoms with E-state index in [4.69, 9.17) is 5.73 Å². The van der Waals surface area contributed by atoms with Gasteiger partial charge in [0.2, 0.25) is 0 Å². The summed E-state index contributed by atoms with van der Waals surface area (Å²) in [6, 6.07) is 6.56. The van der Waals surface area contributed by atoms with Crippen LogP contribution < -0.4 is 5.73 Å². The van der Waals surface area contributed by atoms with Crippen molar-refractivity contribution in [3.63, 3.8) is 0 Å². The van der Waals surface area contributed by atoms with Crippen molar-refractivity contribution in [3.05, 3.63) is 35.4 Å². The summed E-state index contributed by atoms with van der Waals surface area (Å²) in [6.07, 6.45) is 2.01. The third-order valence-electron chi connectivity index (χ3n) is 1.76. The first-order chi connectivity index (χ1) is 6.26. The molecule has 0 spiro atoms. The summed E-state index contributed by atoms with van der Waals surface area (Å²) in [5, 5.41) is 0. The molecule has 0 radical (unpaired) electrons. The number of hydrogen-bond acceptors (Lipinski definition) is 3. The Kier molecular flexibility index (Phi) is 3.34. The van der Waals surface area contributed by atoms with Gasteiger partial charge in [-0.2, -0.15) is 0 Å². The largest absolute Gasteiger partial charge is 0.321 e. The monoisotopic (exact) mass is 177 g/mol. The van der Waals surface area contributed by atoms with Gasteiger partial charge in [-0.15, -0.1) is 0 Å². The van der Waals surface area contributed by atoms with Crippen LogP contribution in [-0.2, 0) is 11.2 Å². The third kappa shape index (κ3) is 2.80. The number of hydrogen-bond donors (Lipinski definition) is 1. The molecule has 1 unspecified atom stereocenters. The topological polar surface area (TPSA) is 60.2 Å². The van der Waals surface area contributed by atoms with Gasteiger partial charge in [0.05, 0.1) is 6.04 Å². The Hall–Kier alpha value is -1.48. The van der Waals surface area contributed by atoms with Gasteiger partial charge in [0.1, 0.15) is 12.6 Å². The summed E-state index contributed by atoms with van der Waals surface area (Å²) in [7, 11) is 0. The normalized spacial score (nSPS) is 12.1. The van der Waals surface area contributed by atoms with Crippen molar-refractivity contribution in [1.82, 2.24) is 0 Å². The molecular formula is C10H11NO2. The zero-order chi connectivity index (χ0) is 9.68. The molecule has 0 heterocycles. The maximum atomic E-state index is 10.3. The van der Waals surface area contributed by atoms with Crippen LogP contribution in [0.2, 0.25) is 0 Å². The molecular weight excluding hydrogens is 166 g/mol. The smallest absolute Gasteiger partial charge is 0.150 e. The predicted molar refractivity (Wildman–Crippen MR) is 49.6 cm³/mol. The van der Waals surface area contributed by atoms with Crippen LogP contribution in [0.5, 0.6) is 0 Å². The molecule has 2 N–H and O–H groups in total. The van der Waals surface area contributed by atoms with E-state index in [0.717, 1.165) is 11.8 Å². The van der Waals surface area contributed by atoms with Gasteiger partial charge in [-0.05, 0) is 12.0 Å². The van der Waals surface area contributed by atoms with E-state index < -0.39 is 6.04 Å². The van der Waals surface area contributed by atoms with Gasteiger partial charge < -0.3 is 10.5 Å². The number of nitrogens with two attached hydrogens (primary N) is 1. The molecule has 1 rings (SSSR count). The minimum absolute atomic E-state index is 0.456. The van der Waals surface area contributed by atoms with Crippen molar-refractivity contribution >= 4 is 12.6 Å². The second kappa shape index (κ2) is 4.52. The fraction of sp³-hybridized carbons (Fsp3) is 0.200. The fourth-order valence-corrected chi connectivity index (χ4v) is 1.05. The lowest BCUT2D eigenvalue weighted by Crippen LogP contribution is -2.23. The standard InChI is InChI=1S/C10H11NO2/c11-10(7-13)5-8-1-3-9(6-12)4-2-8/h1-4,6-7,10H,5,11H2. The molecule has 0 aliphatic heterocycles. The van der Waals surface area contributed by atoms with E-state index in [1.165, 1.54) is 0 Å². The van der Waals surface area contributed by atoms with Crippen LogP contribution in [0.3, 0.4) is 0 Å². The molecule has 0 aromatic heterocycles. The average molecular weight is 177 g/mol. The van der Waals surface area contributed by atoms with Crippen LogP contribution in [0.4, 0.5) is 0 Å². The first-order valence-electron chi connectivity index (χ1n) is 4.01. The maximum absolute atomic E-state index is 10.3. The summed E-state index contributed by atoms with van der Waals surface area (Å²) in [6.45, 7) is 0. The molecule has 0 saturated carbocycles. The van der Waals surface area contributed by atoms with E-state index in [1.54, 1.807) is 24.3 Å². The van der Waals surface area contributed by atoms with Gasteiger partial charge in [0.25, 0.3) is 0 Å². The summed E-state index contributed by atoms with van der Waals surface area (Å²) in [5.41, 5.74) is 7.03. The average Bonchev–Trinajstić information content (AvgIpc) is 2.19. The molecule has 0 aliphatic carbocycles. The lowest BCUT2D eigenvalue weighted by atomic mass is 10.1. The van der Waals surface area contributed by atoms with Crippen LogP contribution in [-0.4, -0.2) is 18.6 Å². The Balaban J connectivity index is 2.69. The molecule has 1 aromatic rings. The number of rotatable bonds is 4. The number of carbonyl (C=O) groups is 2. The van der Waals surface area contributed by atoms with Gasteiger partial charge >= 0.3 is 0 Å². The molecule has 0 aliphatic rings. The number of aldehydes is 2. The first-order valence-corrected chi connectivity index (χ1v) is 4.01. The fourth-order valence-electron chi connectivity index (χ4n) is 1.05. The van der Waals surface area contributed by atoms with E-state index >= 15 is 0 Å². The summed E-state index contributed by atoms with van der Waals surface area (Å²) < 4.78 is 0. The van der Waals surface area contributed by atoms with Crippen LogP contribution in [0, 0.1) is 0 Å². The van der Waals surface area contributed by atoms with Crippen molar-refractivity contribution in [2.45, 2.75) is 12.5 Å². The summed E-state index contributed by atoms with van der Waals surface area (Å²) in [5.74, 6) is 0. The molecule has 1 aromatic carbocycles. The maximum Gasteiger partial charge on any atom is 0.150 e. The Labute approximate surface area is 76.6 Å². The molecule has 3 nitrogen and oxygen atoms in total. The Morgan fingerprint density at radius 1 is 1.23 bits per heavy atom. The molecule has 0 bridgehead atoms. The Morgan fingerprint density at radius 2 is 1.85 bits per heavy atom. The van der Waals surface area contributed by atoms with E-state index in [-0.39, 0.29) is 0 Å². The van der Waals surface area contributed by atoms with E-state index in [0.29, 0.717) is 18.3 Å². The van der Waals surface area contributed by atoms with Crippen molar-refractivity contribution in [3.8, 4) is 0 Å². The summed E-state index contributed by atoms with van der Waals surface area (Å²) in [4.78, 5) is 20.6. The molecule has 0 amide bonds. The first kappa shape index (κ1) is 9.61. The molecule has 1 atom stereocenters. The van der Waals surface area contributed by atoms with Gasteiger partial charge in [0, 0.05) is 5.56 Å². The van der Waals surface area contributed by atoms with Crippen LogP contribution in [0.1, 0.15) is 15.9 Å². The van der Waals surface area contributed by atoms with Crippen molar-refractivity contribution in [2.75, 3.05) is 0 Å². The molecule has 13 heavy (non-hydrogen) atoms. The van der Waals surface area contributed by atoms with Crippen LogP contribution >= 0.6 is 0 Å². The van der Waals surface area contributed by atoms with Gasteiger partial charge in [-0.25, -0.2) is 0 Å².